The van der Waals surface area contributed by atoms with Crippen molar-refractivity contribution < 1.29 is 4.79 Å². The minimum Gasteiger partial charge on any atom is -0.345 e. The molecule has 4 rings (SSSR count). The van der Waals surface area contributed by atoms with Gasteiger partial charge in [0.2, 0.25) is 5.91 Å². The molecule has 2 unspecified atom stereocenters. The second-order valence-corrected chi connectivity index (χ2v) is 7.15. The lowest BCUT2D eigenvalue weighted by molar-refractivity contribution is -0.124. The number of nitrogens with one attached hydrogen (secondary N) is 2. The number of amides is 1. The first kappa shape index (κ1) is 13.8. The zero-order valence-electron chi connectivity index (χ0n) is 13.3. The predicted molar refractivity (Wildman–Crippen MR) is 84.4 cm³/mol. The van der Waals surface area contributed by atoms with Gasteiger partial charge in [-0.25, -0.2) is 4.98 Å². The average molecular weight is 298 g/mol. The number of hydrogen-bond donors (Lipinski definition) is 2. The van der Waals surface area contributed by atoms with Crippen molar-refractivity contribution in [2.24, 2.45) is 17.8 Å². The molecule has 0 spiro atoms. The summed E-state index contributed by atoms with van der Waals surface area (Å²) < 4.78 is 2.07. The molecule has 2 atom stereocenters. The molecule has 22 heavy (non-hydrogen) atoms. The van der Waals surface area contributed by atoms with Crippen molar-refractivity contribution in [3.8, 4) is 0 Å². The van der Waals surface area contributed by atoms with E-state index in [0.29, 0.717) is 11.8 Å². The van der Waals surface area contributed by atoms with Gasteiger partial charge in [-0.05, 0) is 57.3 Å². The molecule has 1 saturated carbocycles. The molecule has 3 heterocycles. The minimum atomic E-state index is -0.423. The first-order chi connectivity index (χ1) is 10.5. The molecule has 0 aromatic carbocycles. The Morgan fingerprint density at radius 2 is 2.09 bits per heavy atom. The zero-order valence-corrected chi connectivity index (χ0v) is 13.3. The second kappa shape index (κ2) is 4.56. The van der Waals surface area contributed by atoms with Crippen molar-refractivity contribution in [3.63, 3.8) is 0 Å². The number of imidazole rings is 1. The molecule has 2 aromatic heterocycles. The van der Waals surface area contributed by atoms with E-state index < -0.39 is 5.54 Å². The monoisotopic (exact) mass is 298 g/mol. The number of aryl methyl sites for hydroxylation is 1. The maximum Gasteiger partial charge on any atom is 0.224 e. The highest BCUT2D eigenvalue weighted by Crippen LogP contribution is 2.49. The van der Waals surface area contributed by atoms with Crippen molar-refractivity contribution in [1.82, 2.24) is 20.0 Å². The summed E-state index contributed by atoms with van der Waals surface area (Å²) in [6, 6.07) is 4.15. The number of aromatic nitrogens is 2. The lowest BCUT2D eigenvalue weighted by Gasteiger charge is -2.28. The van der Waals surface area contributed by atoms with Crippen molar-refractivity contribution in [3.05, 3.63) is 35.8 Å². The van der Waals surface area contributed by atoms with E-state index in [1.165, 1.54) is 0 Å². The van der Waals surface area contributed by atoms with Crippen LogP contribution in [0.5, 0.6) is 0 Å². The molecule has 2 aliphatic rings. The van der Waals surface area contributed by atoms with Gasteiger partial charge in [0.15, 0.2) is 0 Å². The molecule has 2 fully saturated rings. The van der Waals surface area contributed by atoms with E-state index in [-0.39, 0.29) is 11.8 Å². The Bertz CT molecular complexity index is 738. The molecule has 0 radical (unpaired) electrons. The Kier molecular flexibility index (Phi) is 2.85. The van der Waals surface area contributed by atoms with Crippen LogP contribution in [0.25, 0.3) is 5.65 Å². The van der Waals surface area contributed by atoms with Crippen LogP contribution in [0.2, 0.25) is 0 Å². The summed E-state index contributed by atoms with van der Waals surface area (Å²) in [5.41, 5.74) is 2.72. The summed E-state index contributed by atoms with van der Waals surface area (Å²) in [6.45, 7) is 8.14. The summed E-state index contributed by atoms with van der Waals surface area (Å²) in [7, 11) is 0. The van der Waals surface area contributed by atoms with Crippen LogP contribution >= 0.6 is 0 Å². The van der Waals surface area contributed by atoms with Crippen LogP contribution in [0.3, 0.4) is 0 Å². The molecular formula is C17H22N4O. The van der Waals surface area contributed by atoms with E-state index in [1.54, 1.807) is 6.20 Å². The average Bonchev–Trinajstić information content (AvgIpc) is 2.85. The number of nitrogens with zero attached hydrogens (tertiary/aromatic N) is 2. The van der Waals surface area contributed by atoms with E-state index in [2.05, 4.69) is 52.9 Å². The Morgan fingerprint density at radius 1 is 1.36 bits per heavy atom. The lowest BCUT2D eigenvalue weighted by Crippen LogP contribution is -2.44. The first-order valence-corrected chi connectivity index (χ1v) is 7.95. The molecule has 1 aliphatic carbocycles. The number of carbonyl (C=O) groups excluding carboxylic acids is 1. The predicted octanol–water partition coefficient (Wildman–Crippen LogP) is 1.46. The Labute approximate surface area is 130 Å². The normalized spacial score (nSPS) is 27.0. The number of rotatable bonds is 3. The minimum absolute atomic E-state index is 0.190. The van der Waals surface area contributed by atoms with Crippen molar-refractivity contribution >= 4 is 11.6 Å². The fourth-order valence-electron chi connectivity index (χ4n) is 3.92. The van der Waals surface area contributed by atoms with Gasteiger partial charge in [0, 0.05) is 24.0 Å². The largest absolute Gasteiger partial charge is 0.345 e. The number of hydrogen-bond acceptors (Lipinski definition) is 3. The molecule has 1 aliphatic heterocycles. The van der Waals surface area contributed by atoms with Gasteiger partial charge in [-0.15, -0.1) is 0 Å². The molecule has 5 heteroatoms. The van der Waals surface area contributed by atoms with Gasteiger partial charge in [0.05, 0.1) is 5.54 Å². The fourth-order valence-corrected chi connectivity index (χ4v) is 3.92. The van der Waals surface area contributed by atoms with Crippen LogP contribution in [0.1, 0.15) is 25.1 Å². The fraction of sp³-hybridized carbons (Fsp3) is 0.529. The van der Waals surface area contributed by atoms with Crippen LogP contribution in [0.4, 0.5) is 0 Å². The molecule has 2 N–H and O–H groups in total. The second-order valence-electron chi connectivity index (χ2n) is 7.15. The Morgan fingerprint density at radius 3 is 2.82 bits per heavy atom. The van der Waals surface area contributed by atoms with E-state index in [4.69, 9.17) is 0 Å². The molecular weight excluding hydrogens is 276 g/mol. The molecule has 5 nitrogen and oxygen atoms in total. The number of fused-ring (bicyclic) bond motifs is 2. The van der Waals surface area contributed by atoms with Crippen LogP contribution in [0.15, 0.2) is 24.5 Å². The summed E-state index contributed by atoms with van der Waals surface area (Å²) in [5, 5.41) is 6.58. The number of carbonyl (C=O) groups is 1. The third-order valence-electron chi connectivity index (χ3n) is 5.21. The van der Waals surface area contributed by atoms with Gasteiger partial charge in [-0.1, -0.05) is 6.07 Å². The quantitative estimate of drug-likeness (QED) is 0.902. The van der Waals surface area contributed by atoms with Gasteiger partial charge in [0.1, 0.15) is 5.65 Å². The smallest absolute Gasteiger partial charge is 0.224 e. The summed E-state index contributed by atoms with van der Waals surface area (Å²) >= 11 is 0. The molecule has 116 valence electrons. The number of piperidine rings is 1. The van der Waals surface area contributed by atoms with E-state index in [9.17, 15) is 4.79 Å². The van der Waals surface area contributed by atoms with Crippen LogP contribution in [0, 0.1) is 24.7 Å². The Hall–Kier alpha value is -1.88. The highest BCUT2D eigenvalue weighted by atomic mass is 16.2. The topological polar surface area (TPSA) is 58.4 Å². The maximum absolute atomic E-state index is 12.6. The van der Waals surface area contributed by atoms with Crippen LogP contribution in [-0.2, 0) is 10.3 Å². The lowest BCUT2D eigenvalue weighted by atomic mass is 9.98. The standard InChI is InChI=1S/C17H22N4O/c1-10-4-5-13(21-7-6-19-15(10)21)17(2,3)20-16(22)14-11-8-18-9-12(11)14/h4-7,11-12,14,18H,8-9H2,1-3H3,(H,20,22). The third kappa shape index (κ3) is 1.96. The van der Waals surface area contributed by atoms with Gasteiger partial charge in [-0.3, -0.25) is 4.79 Å². The van der Waals surface area contributed by atoms with E-state index in [0.717, 1.165) is 30.0 Å². The highest BCUT2D eigenvalue weighted by Gasteiger charge is 2.57. The molecule has 1 saturated heterocycles. The van der Waals surface area contributed by atoms with Crippen LogP contribution in [-0.4, -0.2) is 28.4 Å². The number of pyridine rings is 1. The molecule has 0 bridgehead atoms. The summed E-state index contributed by atoms with van der Waals surface area (Å²) in [4.78, 5) is 17.0. The molecule has 1 amide bonds. The van der Waals surface area contributed by atoms with E-state index >= 15 is 0 Å². The maximum atomic E-state index is 12.6. The third-order valence-corrected chi connectivity index (χ3v) is 5.21. The SMILES string of the molecule is Cc1ccc(C(C)(C)NC(=O)C2C3CNCC32)n2ccnc12. The highest BCUT2D eigenvalue weighted by molar-refractivity contribution is 5.83. The van der Waals surface area contributed by atoms with Gasteiger partial charge >= 0.3 is 0 Å². The van der Waals surface area contributed by atoms with Crippen molar-refractivity contribution in [2.75, 3.05) is 13.1 Å². The summed E-state index contributed by atoms with van der Waals surface area (Å²) in [5.74, 6) is 1.48. The first-order valence-electron chi connectivity index (χ1n) is 7.95. The van der Waals surface area contributed by atoms with Crippen molar-refractivity contribution in [1.29, 1.82) is 0 Å². The van der Waals surface area contributed by atoms with Gasteiger partial charge in [-0.2, -0.15) is 0 Å². The van der Waals surface area contributed by atoms with Gasteiger partial charge < -0.3 is 15.0 Å². The molecule has 2 aromatic rings. The van der Waals surface area contributed by atoms with E-state index in [1.807, 2.05) is 6.20 Å². The Balaban J connectivity index is 1.61. The summed E-state index contributed by atoms with van der Waals surface area (Å²) in [6.07, 6.45) is 3.77. The van der Waals surface area contributed by atoms with Gasteiger partial charge in [0.25, 0.3) is 0 Å². The zero-order chi connectivity index (χ0) is 15.5. The van der Waals surface area contributed by atoms with Crippen LogP contribution < -0.4 is 10.6 Å². The van der Waals surface area contributed by atoms with Crippen molar-refractivity contribution in [2.45, 2.75) is 26.3 Å².